The Bertz CT molecular complexity index is 1830. The Morgan fingerprint density at radius 3 is 2.25 bits per heavy atom. The maximum Gasteiger partial charge on any atom is 0.329 e. The summed E-state index contributed by atoms with van der Waals surface area (Å²) < 4.78 is 29.7. The number of fused-ring (bicyclic) bond motifs is 3. The molecule has 1 aliphatic carbocycles. The molecule has 4 aliphatic heterocycles. The van der Waals surface area contributed by atoms with Gasteiger partial charge >= 0.3 is 5.97 Å². The van der Waals surface area contributed by atoms with Crippen LogP contribution in [0.5, 0.6) is 0 Å². The Labute approximate surface area is 415 Å². The van der Waals surface area contributed by atoms with Crippen molar-refractivity contribution >= 4 is 47.0 Å². The summed E-state index contributed by atoms with van der Waals surface area (Å²) in [6.45, 7) is 13.8. The van der Waals surface area contributed by atoms with E-state index in [2.05, 4.69) is 20.8 Å². The van der Waals surface area contributed by atoms with Gasteiger partial charge in [0.25, 0.3) is 11.7 Å². The minimum absolute atomic E-state index is 0.0597. The third-order valence-electron chi connectivity index (χ3n) is 15.5. The van der Waals surface area contributed by atoms with E-state index in [1.165, 1.54) is 12.0 Å². The Balaban J connectivity index is 1.52. The van der Waals surface area contributed by atoms with Gasteiger partial charge in [-0.3, -0.25) is 14.4 Å². The van der Waals surface area contributed by atoms with E-state index in [0.29, 0.717) is 76.2 Å². The molecular weight excluding hydrogens is 907 g/mol. The lowest BCUT2D eigenvalue weighted by atomic mass is 9.78. The normalized spacial score (nSPS) is 40.1. The van der Waals surface area contributed by atoms with Gasteiger partial charge < -0.3 is 43.9 Å². The second-order valence-electron chi connectivity index (χ2n) is 20.6. The molecule has 0 aromatic heterocycles. The van der Waals surface area contributed by atoms with Crippen LogP contribution in [-0.2, 0) is 42.9 Å². The number of aliphatic hydroxyl groups is 3. The molecular formula is C53H83NO12S2. The molecule has 3 saturated heterocycles. The molecule has 2 bridgehead atoms. The molecule has 384 valence electrons. The van der Waals surface area contributed by atoms with Gasteiger partial charge in [0.05, 0.1) is 28.5 Å². The van der Waals surface area contributed by atoms with Crippen molar-refractivity contribution in [3.05, 3.63) is 47.6 Å². The van der Waals surface area contributed by atoms with Crippen molar-refractivity contribution in [1.29, 1.82) is 0 Å². The topological polar surface area (TPSA) is 178 Å². The summed E-state index contributed by atoms with van der Waals surface area (Å²) in [5.41, 5.74) is 1.52. The Hall–Kier alpha value is -2.34. The molecule has 0 radical (unpaired) electrons. The molecule has 15 atom stereocenters. The van der Waals surface area contributed by atoms with Gasteiger partial charge in [-0.2, -0.15) is 0 Å². The molecule has 1 saturated carbocycles. The van der Waals surface area contributed by atoms with Gasteiger partial charge in [0, 0.05) is 64.1 Å². The molecule has 1 spiro atoms. The highest BCUT2D eigenvalue weighted by atomic mass is 32.2. The van der Waals surface area contributed by atoms with E-state index in [9.17, 15) is 34.5 Å². The fraction of sp³-hybridized carbons (Fsp3) is 0.774. The monoisotopic (exact) mass is 990 g/mol. The summed E-state index contributed by atoms with van der Waals surface area (Å²) in [4.78, 5) is 58.8. The average Bonchev–Trinajstić information content (AvgIpc) is 3.81. The van der Waals surface area contributed by atoms with E-state index in [-0.39, 0.29) is 48.0 Å². The Morgan fingerprint density at radius 1 is 0.853 bits per heavy atom. The van der Waals surface area contributed by atoms with Crippen LogP contribution < -0.4 is 0 Å². The van der Waals surface area contributed by atoms with Crippen molar-refractivity contribution < 1.29 is 58.2 Å². The summed E-state index contributed by atoms with van der Waals surface area (Å²) in [6, 6.07) is -1.04. The van der Waals surface area contributed by atoms with E-state index in [1.807, 2.05) is 57.2 Å². The van der Waals surface area contributed by atoms with Crippen LogP contribution in [0.4, 0.5) is 0 Å². The average molecular weight is 990 g/mol. The predicted molar refractivity (Wildman–Crippen MR) is 268 cm³/mol. The number of hydrogen-bond acceptors (Lipinski definition) is 14. The maximum atomic E-state index is 14.8. The van der Waals surface area contributed by atoms with E-state index < -0.39 is 76.1 Å². The van der Waals surface area contributed by atoms with Crippen LogP contribution in [0.15, 0.2) is 47.6 Å². The van der Waals surface area contributed by atoms with Crippen LogP contribution in [0, 0.1) is 35.5 Å². The first-order valence-electron chi connectivity index (χ1n) is 25.2. The van der Waals surface area contributed by atoms with E-state index in [1.54, 1.807) is 44.7 Å². The first-order valence-corrected chi connectivity index (χ1v) is 27.2. The van der Waals surface area contributed by atoms with Crippen LogP contribution in [0.3, 0.4) is 0 Å². The molecule has 1 amide bonds. The Morgan fingerprint density at radius 2 is 1.57 bits per heavy atom. The molecule has 4 heterocycles. The number of aliphatic hydroxyl groups excluding tert-OH is 2. The van der Waals surface area contributed by atoms with Crippen molar-refractivity contribution in [3.63, 3.8) is 0 Å². The summed E-state index contributed by atoms with van der Waals surface area (Å²) in [5, 5.41) is 34.4. The van der Waals surface area contributed by atoms with Crippen LogP contribution in [0.1, 0.15) is 126 Å². The maximum absolute atomic E-state index is 14.8. The number of amides is 1. The van der Waals surface area contributed by atoms with Crippen LogP contribution in [0.25, 0.3) is 0 Å². The molecule has 13 nitrogen and oxygen atoms in total. The van der Waals surface area contributed by atoms with E-state index in [4.69, 9.17) is 23.7 Å². The Kier molecular flexibility index (Phi) is 21.5. The smallest absolute Gasteiger partial charge is 0.329 e. The van der Waals surface area contributed by atoms with Gasteiger partial charge in [-0.05, 0) is 113 Å². The molecule has 0 aromatic rings. The zero-order valence-electron chi connectivity index (χ0n) is 42.4. The molecule has 5 aliphatic rings. The molecule has 5 rings (SSSR count). The molecule has 4 fully saturated rings. The van der Waals surface area contributed by atoms with Crippen molar-refractivity contribution in [2.75, 3.05) is 39.4 Å². The lowest BCUT2D eigenvalue weighted by Gasteiger charge is -2.43. The van der Waals surface area contributed by atoms with Crippen LogP contribution in [0.2, 0.25) is 0 Å². The SMILES string of the molecule is CO[C@H]1C[C@@H]2CC[C@@H](C)[C@@](O)(O2)C(=O)C(=O)N2CCCC[C@H]2C(=O)O[C@H]([C@H](C)C[C@@H]2CC[C@@H](O)[C@H](OC)C2)CC2(SCCS2)[C@H](C)/C=C(\C)[C@@H](O)[C@@H](OC)C(=O)[C@H](C)C[C@H](C)/C=C/C=C/C=C1C. The number of ketones is 2. The number of methoxy groups -OCH3 is 3. The van der Waals surface area contributed by atoms with Gasteiger partial charge in [0.15, 0.2) is 5.78 Å². The summed E-state index contributed by atoms with van der Waals surface area (Å²) in [7, 11) is 4.68. The van der Waals surface area contributed by atoms with Gasteiger partial charge in [0.1, 0.15) is 24.4 Å². The van der Waals surface area contributed by atoms with Gasteiger partial charge in [-0.1, -0.05) is 71.1 Å². The number of cyclic esters (lactones) is 1. The van der Waals surface area contributed by atoms with Crippen molar-refractivity contribution in [3.8, 4) is 0 Å². The van der Waals surface area contributed by atoms with Gasteiger partial charge in [-0.25, -0.2) is 4.79 Å². The number of rotatable bonds is 6. The van der Waals surface area contributed by atoms with E-state index >= 15 is 0 Å². The second-order valence-corrected chi connectivity index (χ2v) is 23.7. The molecule has 15 heteroatoms. The minimum atomic E-state index is -2.39. The first-order chi connectivity index (χ1) is 32.3. The zero-order valence-corrected chi connectivity index (χ0v) is 44.1. The minimum Gasteiger partial charge on any atom is -0.460 e. The molecule has 68 heavy (non-hydrogen) atoms. The number of esters is 1. The summed E-state index contributed by atoms with van der Waals surface area (Å²) in [6.07, 6.45) is 13.9. The zero-order chi connectivity index (χ0) is 49.9. The van der Waals surface area contributed by atoms with Crippen LogP contribution >= 0.6 is 23.5 Å². The quantitative estimate of drug-likeness (QED) is 0.133. The van der Waals surface area contributed by atoms with Gasteiger partial charge in [0.2, 0.25) is 5.79 Å². The van der Waals surface area contributed by atoms with E-state index in [0.717, 1.165) is 23.5 Å². The number of allylic oxidation sites excluding steroid dienone is 6. The number of ether oxygens (including phenoxy) is 5. The highest BCUT2D eigenvalue weighted by molar-refractivity contribution is 8.21. The van der Waals surface area contributed by atoms with Gasteiger partial charge in [-0.15, -0.1) is 23.5 Å². The van der Waals surface area contributed by atoms with Crippen molar-refractivity contribution in [2.24, 2.45) is 35.5 Å². The lowest BCUT2D eigenvalue weighted by molar-refractivity contribution is -0.265. The number of Topliss-reactive ketones (excluding diaryl/α,β-unsaturated/α-hetero) is 2. The second kappa shape index (κ2) is 25.9. The number of nitrogens with zero attached hydrogens (tertiary/aromatic N) is 1. The lowest BCUT2D eigenvalue weighted by Crippen LogP contribution is -2.61. The number of thioether (sulfide) groups is 2. The third kappa shape index (κ3) is 14.0. The van der Waals surface area contributed by atoms with Crippen molar-refractivity contribution in [2.45, 2.75) is 184 Å². The summed E-state index contributed by atoms with van der Waals surface area (Å²) in [5.74, 6) is -4.49. The number of carbonyl (C=O) groups is 4. The third-order valence-corrected chi connectivity index (χ3v) is 19.4. The number of hydrogen-bond donors (Lipinski definition) is 3. The highest BCUT2D eigenvalue weighted by Gasteiger charge is 2.53. The number of piperidine rings is 1. The molecule has 3 N–H and O–H groups in total. The molecule has 0 unspecified atom stereocenters. The predicted octanol–water partition coefficient (Wildman–Crippen LogP) is 7.79. The first kappa shape index (κ1) is 56.6. The van der Waals surface area contributed by atoms with Crippen LogP contribution in [-0.4, -0.2) is 142 Å². The molecule has 0 aromatic carbocycles. The standard InChI is InChI=1S/C53H83NO12S2/c1-32-16-12-11-13-17-33(2)43(62-8)30-40-21-19-37(6)53(61,66-40)49(58)50(59)54-23-15-14-18-41(54)51(60)65-45(34(3)28-39-20-22-42(55)44(29-39)63-9)31-52(67-24-25-68-52)38(7)27-36(5)47(57)48(64-10)46(56)35(4)26-32/h11-13,16-17,27,32,34-35,37-45,47-48,55,57,61H,14-15,18-26,28-31H2,1-10H3/b13-11+,16-12+,33-17?,36-27+/t32-,34-,35-,37-,38-,39+,40+,41+,42-,43+,44-,45+,47-,48+,53-/m1/s1. The summed E-state index contributed by atoms with van der Waals surface area (Å²) >= 11 is 3.61. The number of carbonyl (C=O) groups excluding carboxylic acids is 4. The largest absolute Gasteiger partial charge is 0.460 e. The van der Waals surface area contributed by atoms with Crippen molar-refractivity contribution in [1.82, 2.24) is 4.90 Å². The highest BCUT2D eigenvalue weighted by Crippen LogP contribution is 2.54. The fourth-order valence-electron chi connectivity index (χ4n) is 11.1. The fourth-order valence-corrected chi connectivity index (χ4v) is 14.5.